The van der Waals surface area contributed by atoms with Crippen LogP contribution in [0.5, 0.6) is 5.75 Å². The van der Waals surface area contributed by atoms with E-state index in [2.05, 4.69) is 22.2 Å². The van der Waals surface area contributed by atoms with E-state index in [0.29, 0.717) is 17.7 Å². The van der Waals surface area contributed by atoms with E-state index in [1.165, 1.54) is 36.8 Å². The quantitative estimate of drug-likeness (QED) is 0.309. The van der Waals surface area contributed by atoms with Gasteiger partial charge in [-0.15, -0.1) is 0 Å². The summed E-state index contributed by atoms with van der Waals surface area (Å²) in [5, 5.41) is 21.6. The van der Waals surface area contributed by atoms with Crippen molar-refractivity contribution >= 4 is 18.1 Å². The number of carbonyl (C=O) groups excluding carboxylic acids is 2. The van der Waals surface area contributed by atoms with Crippen LogP contribution in [0, 0.1) is 11.8 Å². The molecule has 0 amide bonds. The molecule has 3 aliphatic rings. The highest BCUT2D eigenvalue weighted by Crippen LogP contribution is 2.54. The van der Waals surface area contributed by atoms with Gasteiger partial charge in [0.1, 0.15) is 5.75 Å². The normalized spacial score (nSPS) is 27.1. The highest BCUT2D eigenvalue weighted by Gasteiger charge is 2.51. The number of aliphatic hydroxyl groups excluding tert-OH is 1. The van der Waals surface area contributed by atoms with Crippen molar-refractivity contribution in [2.75, 3.05) is 6.54 Å². The zero-order valence-electron chi connectivity index (χ0n) is 19.6. The predicted molar refractivity (Wildman–Crippen MR) is 120 cm³/mol. The Morgan fingerprint density at radius 1 is 1.21 bits per heavy atom. The summed E-state index contributed by atoms with van der Waals surface area (Å²) in [6, 6.07) is 6.59. The van der Waals surface area contributed by atoms with Crippen LogP contribution >= 0.6 is 0 Å². The van der Waals surface area contributed by atoms with Gasteiger partial charge in [-0.05, 0) is 61.4 Å². The monoisotopic (exact) mass is 475 g/mol. The summed E-state index contributed by atoms with van der Waals surface area (Å²) in [4.78, 5) is 34.4. The summed E-state index contributed by atoms with van der Waals surface area (Å²) in [5.74, 6) is -1.81. The molecule has 186 valence electrons. The Balaban J connectivity index is 1.46. The largest absolute Gasteiger partial charge is 0.519 e. The fourth-order valence-corrected chi connectivity index (χ4v) is 5.91. The van der Waals surface area contributed by atoms with Crippen molar-refractivity contribution in [1.29, 1.82) is 0 Å². The van der Waals surface area contributed by atoms with E-state index in [9.17, 15) is 19.5 Å². The Morgan fingerprint density at radius 2 is 2.00 bits per heavy atom. The van der Waals surface area contributed by atoms with Crippen molar-refractivity contribution in [3.05, 3.63) is 29.3 Å². The van der Waals surface area contributed by atoms with Crippen LogP contribution in [0.15, 0.2) is 18.2 Å². The average molecular weight is 476 g/mol. The Hall–Kier alpha value is -2.65. The number of carboxylic acids is 1. The third-order valence-electron chi connectivity index (χ3n) is 7.47. The van der Waals surface area contributed by atoms with Gasteiger partial charge in [0.05, 0.1) is 6.42 Å². The first kappa shape index (κ1) is 24.5. The van der Waals surface area contributed by atoms with E-state index in [4.69, 9.17) is 14.6 Å². The number of nitrogens with one attached hydrogen (secondary N) is 1. The molecule has 1 aromatic carbocycles. The van der Waals surface area contributed by atoms with Crippen molar-refractivity contribution in [2.45, 2.75) is 82.6 Å². The molecule has 0 spiro atoms. The Kier molecular flexibility index (Phi) is 7.14. The highest BCUT2D eigenvalue weighted by molar-refractivity contribution is 5.86. The minimum Gasteiger partial charge on any atom is -0.479 e. The van der Waals surface area contributed by atoms with Gasteiger partial charge in [-0.25, -0.2) is 9.59 Å². The molecule has 3 N–H and O–H groups in total. The third-order valence-corrected chi connectivity index (χ3v) is 7.47. The smallest absolute Gasteiger partial charge is 0.479 e. The third kappa shape index (κ3) is 4.90. The van der Waals surface area contributed by atoms with E-state index in [1.54, 1.807) is 13.8 Å². The first-order valence-electron chi connectivity index (χ1n) is 12.1. The van der Waals surface area contributed by atoms with Gasteiger partial charge in [0.25, 0.3) is 0 Å². The molecule has 2 aliphatic carbocycles. The summed E-state index contributed by atoms with van der Waals surface area (Å²) in [7, 11) is 0. The molecule has 1 saturated heterocycles. The molecule has 2 bridgehead atoms. The molecule has 1 saturated carbocycles. The number of hydrogen-bond acceptors (Lipinski definition) is 8. The van der Waals surface area contributed by atoms with Gasteiger partial charge in [-0.1, -0.05) is 32.8 Å². The van der Waals surface area contributed by atoms with Gasteiger partial charge in [-0.2, -0.15) is 0 Å². The molecule has 4 rings (SSSR count). The van der Waals surface area contributed by atoms with Gasteiger partial charge in [0.15, 0.2) is 6.10 Å². The molecular formula is C25H33NO8. The lowest BCUT2D eigenvalue weighted by Gasteiger charge is -2.56. The maximum Gasteiger partial charge on any atom is 0.519 e. The minimum atomic E-state index is -1.95. The van der Waals surface area contributed by atoms with Crippen molar-refractivity contribution < 1.29 is 38.8 Å². The number of ether oxygens (including phenoxy) is 3. The van der Waals surface area contributed by atoms with Crippen LogP contribution in [-0.4, -0.2) is 53.3 Å². The van der Waals surface area contributed by atoms with E-state index in [-0.39, 0.29) is 11.3 Å². The Bertz CT molecular complexity index is 943. The number of benzene rings is 1. The Morgan fingerprint density at radius 3 is 2.74 bits per heavy atom. The van der Waals surface area contributed by atoms with E-state index < -0.39 is 36.9 Å². The summed E-state index contributed by atoms with van der Waals surface area (Å²) in [6.07, 6.45) is 1.88. The fraction of sp³-hybridized carbons (Fsp3) is 0.640. The standard InChI is InChI=1S/C25H33NO8/c1-14(2)23(34-24(31)33-21(28)13-20(27)22(29)30)32-16-7-6-15-11-19-17-5-3-4-8-25(17,9-10-26-19)18(15)12-16/h6-7,12,14,17,19-20,23,26-27H,3-5,8-11,13H2,1-2H3,(H,29,30)/t17-,19+,20?,23?,25+/m1/s1. The number of rotatable bonds is 7. The maximum absolute atomic E-state index is 12.1. The van der Waals surface area contributed by atoms with Crippen LogP contribution < -0.4 is 10.1 Å². The summed E-state index contributed by atoms with van der Waals surface area (Å²) in [5.41, 5.74) is 2.84. The van der Waals surface area contributed by atoms with Gasteiger partial charge in [-0.3, -0.25) is 4.79 Å². The topological polar surface area (TPSA) is 131 Å². The number of carbonyl (C=O) groups is 3. The highest BCUT2D eigenvalue weighted by atomic mass is 16.8. The fourth-order valence-electron chi connectivity index (χ4n) is 5.91. The second-order valence-electron chi connectivity index (χ2n) is 9.97. The summed E-state index contributed by atoms with van der Waals surface area (Å²) in [6.45, 7) is 4.62. The first-order valence-corrected chi connectivity index (χ1v) is 12.1. The van der Waals surface area contributed by atoms with Crippen molar-refractivity contribution in [2.24, 2.45) is 11.8 Å². The molecule has 0 aromatic heterocycles. The van der Waals surface area contributed by atoms with Gasteiger partial charge in [0, 0.05) is 17.4 Å². The zero-order valence-corrected chi connectivity index (χ0v) is 19.6. The average Bonchev–Trinajstić information content (AvgIpc) is 2.78. The van der Waals surface area contributed by atoms with Crippen LogP contribution in [-0.2, 0) is 30.9 Å². The van der Waals surface area contributed by atoms with Crippen LogP contribution in [0.3, 0.4) is 0 Å². The lowest BCUT2D eigenvalue weighted by atomic mass is 9.53. The minimum absolute atomic E-state index is 0.158. The molecule has 9 heteroatoms. The lowest BCUT2D eigenvalue weighted by molar-refractivity contribution is -0.156. The SMILES string of the molecule is CC(C)C(OC(=O)OC(=O)CC(O)C(=O)O)Oc1ccc2c(c1)[C@]13CCCC[C@@H]1[C@H](C2)NCC3. The van der Waals surface area contributed by atoms with Crippen LogP contribution in [0.2, 0.25) is 0 Å². The lowest BCUT2D eigenvalue weighted by Crippen LogP contribution is -2.59. The number of piperidine rings is 1. The number of esters is 1. The number of aliphatic carboxylic acids is 1. The van der Waals surface area contributed by atoms with E-state index in [0.717, 1.165) is 19.4 Å². The molecule has 2 unspecified atom stereocenters. The number of fused-ring (bicyclic) bond motifs is 1. The molecule has 34 heavy (non-hydrogen) atoms. The molecule has 0 radical (unpaired) electrons. The zero-order chi connectivity index (χ0) is 24.5. The molecule has 9 nitrogen and oxygen atoms in total. The van der Waals surface area contributed by atoms with Crippen LogP contribution in [0.4, 0.5) is 4.79 Å². The van der Waals surface area contributed by atoms with Gasteiger partial charge < -0.3 is 29.7 Å². The van der Waals surface area contributed by atoms with Crippen molar-refractivity contribution in [3.63, 3.8) is 0 Å². The summed E-state index contributed by atoms with van der Waals surface area (Å²) < 4.78 is 15.7. The number of hydrogen-bond donors (Lipinski definition) is 3. The number of carboxylic acid groups (broad SMARTS) is 1. The molecule has 2 fully saturated rings. The molecule has 1 aliphatic heterocycles. The predicted octanol–water partition coefficient (Wildman–Crippen LogP) is 2.91. The molecule has 1 heterocycles. The van der Waals surface area contributed by atoms with Crippen LogP contribution in [0.1, 0.15) is 63.5 Å². The van der Waals surface area contributed by atoms with Gasteiger partial charge in [0.2, 0.25) is 6.29 Å². The second kappa shape index (κ2) is 9.92. The second-order valence-corrected chi connectivity index (χ2v) is 9.97. The van der Waals surface area contributed by atoms with Crippen molar-refractivity contribution in [3.8, 4) is 5.75 Å². The van der Waals surface area contributed by atoms with Gasteiger partial charge >= 0.3 is 18.1 Å². The van der Waals surface area contributed by atoms with Crippen molar-refractivity contribution in [1.82, 2.24) is 5.32 Å². The van der Waals surface area contributed by atoms with Crippen LogP contribution in [0.25, 0.3) is 0 Å². The molecule has 5 atom stereocenters. The number of aliphatic hydroxyl groups is 1. The maximum atomic E-state index is 12.1. The van der Waals surface area contributed by atoms with E-state index >= 15 is 0 Å². The molecular weight excluding hydrogens is 442 g/mol. The molecule has 1 aromatic rings. The van der Waals surface area contributed by atoms with E-state index in [1.807, 2.05) is 6.07 Å². The first-order chi connectivity index (χ1) is 16.2. The summed E-state index contributed by atoms with van der Waals surface area (Å²) >= 11 is 0. The Labute approximate surface area is 198 Å².